The second kappa shape index (κ2) is 6.64. The van der Waals surface area contributed by atoms with E-state index >= 15 is 0 Å². The van der Waals surface area contributed by atoms with Gasteiger partial charge in [-0.25, -0.2) is 4.39 Å². The topological polar surface area (TPSA) is 26.3 Å². The first-order valence-corrected chi connectivity index (χ1v) is 6.21. The van der Waals surface area contributed by atoms with Crippen molar-refractivity contribution in [3.8, 4) is 0 Å². The normalized spacial score (nSPS) is 11.6. The van der Waals surface area contributed by atoms with Crippen LogP contribution in [-0.4, -0.2) is 19.0 Å². The Hall–Kier alpha value is -1.22. The second-order valence-electron chi connectivity index (χ2n) is 5.71. The molecule has 1 rings (SSSR count). The van der Waals surface area contributed by atoms with Gasteiger partial charge in [-0.15, -0.1) is 0 Å². The monoisotopic (exact) mass is 252 g/mol. The van der Waals surface area contributed by atoms with E-state index in [0.29, 0.717) is 13.0 Å². The minimum Gasteiger partial charge on any atom is -0.374 e. The smallest absolute Gasteiger partial charge is 0.162 e. The summed E-state index contributed by atoms with van der Waals surface area (Å²) in [6.07, 6.45) is 1.23. The summed E-state index contributed by atoms with van der Waals surface area (Å²) in [7, 11) is 0. The Morgan fingerprint density at radius 2 is 1.83 bits per heavy atom. The number of ketones is 1. The predicted molar refractivity (Wildman–Crippen MR) is 70.0 cm³/mol. The lowest BCUT2D eigenvalue weighted by atomic mass is 9.93. The fourth-order valence-electron chi connectivity index (χ4n) is 1.45. The molecule has 0 aromatic heterocycles. The van der Waals surface area contributed by atoms with Crippen molar-refractivity contribution >= 4 is 5.78 Å². The van der Waals surface area contributed by atoms with Gasteiger partial charge in [0.15, 0.2) is 5.78 Å². The first-order valence-electron chi connectivity index (χ1n) is 6.21. The molecule has 18 heavy (non-hydrogen) atoms. The van der Waals surface area contributed by atoms with Gasteiger partial charge in [0.2, 0.25) is 0 Å². The Morgan fingerprint density at radius 3 is 2.39 bits per heavy atom. The second-order valence-corrected chi connectivity index (χ2v) is 5.71. The maximum absolute atomic E-state index is 12.7. The van der Waals surface area contributed by atoms with E-state index in [1.54, 1.807) is 12.1 Å². The van der Waals surface area contributed by atoms with E-state index in [0.717, 1.165) is 12.0 Å². The van der Waals surface area contributed by atoms with Crippen LogP contribution in [0.3, 0.4) is 0 Å². The van der Waals surface area contributed by atoms with E-state index in [2.05, 4.69) is 20.8 Å². The van der Waals surface area contributed by atoms with Crippen molar-refractivity contribution in [1.82, 2.24) is 0 Å². The molecule has 0 amide bonds. The van der Waals surface area contributed by atoms with Gasteiger partial charge in [0, 0.05) is 13.0 Å². The fourth-order valence-corrected chi connectivity index (χ4v) is 1.45. The number of benzene rings is 1. The van der Waals surface area contributed by atoms with Gasteiger partial charge in [0.05, 0.1) is 0 Å². The van der Waals surface area contributed by atoms with E-state index < -0.39 is 0 Å². The maximum Gasteiger partial charge on any atom is 0.162 e. The van der Waals surface area contributed by atoms with Crippen LogP contribution in [0.1, 0.15) is 32.8 Å². The van der Waals surface area contributed by atoms with Gasteiger partial charge in [-0.3, -0.25) is 4.79 Å². The number of hydrogen-bond acceptors (Lipinski definition) is 2. The summed E-state index contributed by atoms with van der Waals surface area (Å²) < 4.78 is 18.0. The summed E-state index contributed by atoms with van der Waals surface area (Å²) in [6, 6.07) is 5.98. The molecule has 0 saturated carbocycles. The molecular formula is C15H21FO2. The average molecular weight is 252 g/mol. The highest BCUT2D eigenvalue weighted by Crippen LogP contribution is 2.17. The summed E-state index contributed by atoms with van der Waals surface area (Å²) in [5.74, 6) is -0.261. The molecule has 2 nitrogen and oxygen atoms in total. The maximum atomic E-state index is 12.7. The van der Waals surface area contributed by atoms with E-state index in [1.165, 1.54) is 12.1 Å². The zero-order valence-electron chi connectivity index (χ0n) is 11.3. The van der Waals surface area contributed by atoms with E-state index in [1.807, 2.05) is 0 Å². The van der Waals surface area contributed by atoms with Crippen LogP contribution in [0.15, 0.2) is 24.3 Å². The molecular weight excluding hydrogens is 231 g/mol. The van der Waals surface area contributed by atoms with E-state index in [-0.39, 0.29) is 23.6 Å². The van der Waals surface area contributed by atoms with Crippen LogP contribution in [0.2, 0.25) is 0 Å². The molecule has 3 heteroatoms. The van der Waals surface area contributed by atoms with Crippen LogP contribution in [0.4, 0.5) is 4.39 Å². The molecule has 0 spiro atoms. The lowest BCUT2D eigenvalue weighted by Crippen LogP contribution is -2.15. The molecule has 0 radical (unpaired) electrons. The summed E-state index contributed by atoms with van der Waals surface area (Å²) in [6.45, 7) is 7.14. The van der Waals surface area contributed by atoms with Crippen molar-refractivity contribution in [1.29, 1.82) is 0 Å². The quantitative estimate of drug-likeness (QED) is 0.725. The van der Waals surface area contributed by atoms with Crippen LogP contribution in [0.5, 0.6) is 0 Å². The standard InChI is InChI=1S/C15H21FO2/c1-15(2,3)8-9-18-11-14(17)10-12-4-6-13(16)7-5-12/h4-7H,8-11H2,1-3H3. The van der Waals surface area contributed by atoms with Gasteiger partial charge < -0.3 is 4.74 Å². The average Bonchev–Trinajstić information content (AvgIpc) is 2.26. The fraction of sp³-hybridized carbons (Fsp3) is 0.533. The number of carbonyl (C=O) groups excluding carboxylic acids is 1. The molecule has 0 bridgehead atoms. The van der Waals surface area contributed by atoms with E-state index in [4.69, 9.17) is 4.74 Å². The Balaban J connectivity index is 2.24. The number of carbonyl (C=O) groups is 1. The third-order valence-electron chi connectivity index (χ3n) is 2.57. The number of hydrogen-bond donors (Lipinski definition) is 0. The van der Waals surface area contributed by atoms with Crippen molar-refractivity contribution in [3.63, 3.8) is 0 Å². The van der Waals surface area contributed by atoms with Crippen molar-refractivity contribution in [2.24, 2.45) is 5.41 Å². The van der Waals surface area contributed by atoms with Crippen molar-refractivity contribution in [2.75, 3.05) is 13.2 Å². The molecule has 0 saturated heterocycles. The molecule has 0 aliphatic rings. The number of Topliss-reactive ketones (excluding diaryl/α,β-unsaturated/α-hetero) is 1. The highest BCUT2D eigenvalue weighted by atomic mass is 19.1. The molecule has 0 N–H and O–H groups in total. The minimum atomic E-state index is -0.285. The lowest BCUT2D eigenvalue weighted by Gasteiger charge is -2.17. The van der Waals surface area contributed by atoms with Gasteiger partial charge >= 0.3 is 0 Å². The zero-order valence-corrected chi connectivity index (χ0v) is 11.3. The Labute approximate surface area is 108 Å². The molecule has 0 fully saturated rings. The largest absolute Gasteiger partial charge is 0.374 e. The van der Waals surface area contributed by atoms with Gasteiger partial charge in [0.1, 0.15) is 12.4 Å². The third-order valence-corrected chi connectivity index (χ3v) is 2.57. The number of halogens is 1. The first-order chi connectivity index (χ1) is 8.37. The highest BCUT2D eigenvalue weighted by Gasteiger charge is 2.10. The highest BCUT2D eigenvalue weighted by molar-refractivity contribution is 5.82. The minimum absolute atomic E-state index is 0.0236. The van der Waals surface area contributed by atoms with Crippen LogP contribution in [-0.2, 0) is 16.0 Å². The Morgan fingerprint density at radius 1 is 1.22 bits per heavy atom. The Bertz CT molecular complexity index is 376. The number of rotatable bonds is 6. The lowest BCUT2D eigenvalue weighted by molar-refractivity contribution is -0.123. The molecule has 100 valence electrons. The molecule has 1 aromatic rings. The molecule has 0 aliphatic heterocycles. The van der Waals surface area contributed by atoms with E-state index in [9.17, 15) is 9.18 Å². The SMILES string of the molecule is CC(C)(C)CCOCC(=O)Cc1ccc(F)cc1. The summed E-state index contributed by atoms with van der Waals surface area (Å²) >= 11 is 0. The third kappa shape index (κ3) is 6.50. The molecule has 1 aromatic carbocycles. The summed E-state index contributed by atoms with van der Waals surface area (Å²) in [4.78, 5) is 11.6. The van der Waals surface area contributed by atoms with Gasteiger partial charge in [-0.1, -0.05) is 32.9 Å². The van der Waals surface area contributed by atoms with Crippen molar-refractivity contribution in [3.05, 3.63) is 35.6 Å². The van der Waals surface area contributed by atoms with Crippen LogP contribution >= 0.6 is 0 Å². The number of ether oxygens (including phenoxy) is 1. The Kier molecular flexibility index (Phi) is 5.48. The van der Waals surface area contributed by atoms with Gasteiger partial charge in [-0.2, -0.15) is 0 Å². The van der Waals surface area contributed by atoms with Crippen molar-refractivity contribution in [2.45, 2.75) is 33.6 Å². The summed E-state index contributed by atoms with van der Waals surface area (Å²) in [5, 5.41) is 0. The predicted octanol–water partition coefficient (Wildman–Crippen LogP) is 3.39. The first kappa shape index (κ1) is 14.8. The molecule has 0 atom stereocenters. The van der Waals surface area contributed by atoms with Gasteiger partial charge in [0.25, 0.3) is 0 Å². The summed E-state index contributed by atoms with van der Waals surface area (Å²) in [5.41, 5.74) is 1.04. The van der Waals surface area contributed by atoms with Gasteiger partial charge in [-0.05, 0) is 29.5 Å². The molecule has 0 heterocycles. The van der Waals surface area contributed by atoms with Crippen molar-refractivity contribution < 1.29 is 13.9 Å². The zero-order chi connectivity index (χ0) is 13.6. The van der Waals surface area contributed by atoms with Crippen LogP contribution in [0.25, 0.3) is 0 Å². The van der Waals surface area contributed by atoms with Crippen LogP contribution in [0, 0.1) is 11.2 Å². The molecule has 0 unspecified atom stereocenters. The van der Waals surface area contributed by atoms with Crippen LogP contribution < -0.4 is 0 Å². The molecule has 0 aliphatic carbocycles.